The third-order valence-electron chi connectivity index (χ3n) is 2.25. The number of aliphatic hydroxyl groups is 2. The molecule has 1 aromatic heterocycles. The fourth-order valence-electron chi connectivity index (χ4n) is 1.24. The summed E-state index contributed by atoms with van der Waals surface area (Å²) in [6, 6.07) is 1.01. The number of hydrogen-bond acceptors (Lipinski definition) is 5. The summed E-state index contributed by atoms with van der Waals surface area (Å²) < 4.78 is 5.01. The summed E-state index contributed by atoms with van der Waals surface area (Å²) in [5, 5.41) is 29.2. The Hall–Kier alpha value is -1.37. The predicted octanol–water partition coefficient (Wildman–Crippen LogP) is -0.271. The highest BCUT2D eigenvalue weighted by atomic mass is 16.4. The van der Waals surface area contributed by atoms with E-state index in [0.717, 1.165) is 0 Å². The number of aryl methyl sites for hydroxylation is 1. The van der Waals surface area contributed by atoms with Gasteiger partial charge in [0.2, 0.25) is 5.76 Å². The molecule has 0 amide bonds. The molecule has 0 bridgehead atoms. The van der Waals surface area contributed by atoms with Crippen LogP contribution < -0.4 is 5.32 Å². The second-order valence-corrected chi connectivity index (χ2v) is 3.44. The summed E-state index contributed by atoms with van der Waals surface area (Å²) in [5.74, 6) is -0.714. The molecule has 1 aromatic rings. The Labute approximate surface area is 92.5 Å². The van der Waals surface area contributed by atoms with Crippen LogP contribution in [0, 0.1) is 6.92 Å². The van der Waals surface area contributed by atoms with Crippen LogP contribution in [0.3, 0.4) is 0 Å². The van der Waals surface area contributed by atoms with E-state index in [1.54, 1.807) is 6.92 Å². The first-order valence-corrected chi connectivity index (χ1v) is 4.86. The zero-order chi connectivity index (χ0) is 12.1. The monoisotopic (exact) mass is 229 g/mol. The molecule has 0 saturated heterocycles. The van der Waals surface area contributed by atoms with Crippen LogP contribution in [-0.4, -0.2) is 40.5 Å². The molecule has 0 spiro atoms. The van der Waals surface area contributed by atoms with Crippen molar-refractivity contribution < 1.29 is 24.5 Å². The summed E-state index contributed by atoms with van der Waals surface area (Å²) in [5.41, 5.74) is 0.698. The van der Waals surface area contributed by atoms with Crippen LogP contribution >= 0.6 is 0 Å². The number of aliphatic hydroxyl groups excluding tert-OH is 2. The molecule has 1 rings (SSSR count). The van der Waals surface area contributed by atoms with Gasteiger partial charge in [-0.25, -0.2) is 4.79 Å². The van der Waals surface area contributed by atoms with Crippen molar-refractivity contribution >= 4 is 5.97 Å². The predicted molar refractivity (Wildman–Crippen MR) is 55.2 cm³/mol. The van der Waals surface area contributed by atoms with Gasteiger partial charge < -0.3 is 25.1 Å². The second-order valence-electron chi connectivity index (χ2n) is 3.44. The van der Waals surface area contributed by atoms with Gasteiger partial charge in [-0.15, -0.1) is 0 Å². The van der Waals surface area contributed by atoms with E-state index in [2.05, 4.69) is 5.32 Å². The number of furan rings is 1. The topological polar surface area (TPSA) is 103 Å². The van der Waals surface area contributed by atoms with Crippen LogP contribution in [0.5, 0.6) is 0 Å². The number of nitrogens with one attached hydrogen (secondary N) is 1. The van der Waals surface area contributed by atoms with E-state index in [9.17, 15) is 4.79 Å². The number of hydrogen-bond donors (Lipinski definition) is 4. The molecule has 0 unspecified atom stereocenters. The average Bonchev–Trinajstić information content (AvgIpc) is 2.62. The zero-order valence-corrected chi connectivity index (χ0v) is 8.93. The van der Waals surface area contributed by atoms with E-state index in [1.165, 1.54) is 6.07 Å². The first-order chi connectivity index (χ1) is 7.58. The summed E-state index contributed by atoms with van der Waals surface area (Å²) in [7, 11) is 0. The standard InChI is InChI=1S/C10H15NO5/c1-6-7(2-9(16-6)10(14)15)3-11-8(4-12)5-13/h2,8,11-13H,3-5H2,1H3,(H,14,15). The van der Waals surface area contributed by atoms with Crippen LogP contribution in [0.25, 0.3) is 0 Å². The van der Waals surface area contributed by atoms with Gasteiger partial charge in [-0.3, -0.25) is 0 Å². The van der Waals surface area contributed by atoms with Crippen LogP contribution in [0.15, 0.2) is 10.5 Å². The van der Waals surface area contributed by atoms with E-state index in [-0.39, 0.29) is 19.0 Å². The van der Waals surface area contributed by atoms with Crippen molar-refractivity contribution in [1.29, 1.82) is 0 Å². The van der Waals surface area contributed by atoms with Crippen molar-refractivity contribution in [3.63, 3.8) is 0 Å². The van der Waals surface area contributed by atoms with Crippen LogP contribution in [0.1, 0.15) is 21.9 Å². The maximum absolute atomic E-state index is 10.6. The Bertz CT molecular complexity index is 356. The molecule has 0 saturated carbocycles. The molecule has 0 aromatic carbocycles. The molecule has 1 heterocycles. The lowest BCUT2D eigenvalue weighted by atomic mass is 10.2. The molecule has 90 valence electrons. The molecular formula is C10H15NO5. The lowest BCUT2D eigenvalue weighted by molar-refractivity contribution is 0.0661. The fourth-order valence-corrected chi connectivity index (χ4v) is 1.24. The van der Waals surface area contributed by atoms with Gasteiger partial charge in [0.05, 0.1) is 19.3 Å². The lowest BCUT2D eigenvalue weighted by Crippen LogP contribution is -2.35. The van der Waals surface area contributed by atoms with E-state index >= 15 is 0 Å². The molecule has 0 aliphatic rings. The summed E-state index contributed by atoms with van der Waals surface area (Å²) >= 11 is 0. The number of carboxylic acid groups (broad SMARTS) is 1. The molecular weight excluding hydrogens is 214 g/mol. The van der Waals surface area contributed by atoms with Gasteiger partial charge in [0, 0.05) is 12.1 Å². The van der Waals surface area contributed by atoms with E-state index in [1.807, 2.05) is 0 Å². The van der Waals surface area contributed by atoms with Gasteiger partial charge in [-0.1, -0.05) is 0 Å². The van der Waals surface area contributed by atoms with E-state index < -0.39 is 12.0 Å². The minimum absolute atomic E-state index is 0.112. The lowest BCUT2D eigenvalue weighted by Gasteiger charge is -2.12. The van der Waals surface area contributed by atoms with Crippen molar-refractivity contribution in [1.82, 2.24) is 5.32 Å². The van der Waals surface area contributed by atoms with Gasteiger partial charge in [-0.2, -0.15) is 0 Å². The molecule has 6 heteroatoms. The molecule has 16 heavy (non-hydrogen) atoms. The first kappa shape index (κ1) is 12.7. The third kappa shape index (κ3) is 3.06. The van der Waals surface area contributed by atoms with Gasteiger partial charge in [-0.05, 0) is 13.0 Å². The van der Waals surface area contributed by atoms with Crippen molar-refractivity contribution in [2.45, 2.75) is 19.5 Å². The molecule has 0 atom stereocenters. The Morgan fingerprint density at radius 2 is 2.12 bits per heavy atom. The van der Waals surface area contributed by atoms with Crippen LogP contribution in [0.4, 0.5) is 0 Å². The van der Waals surface area contributed by atoms with Gasteiger partial charge in [0.1, 0.15) is 5.76 Å². The SMILES string of the molecule is Cc1oc(C(=O)O)cc1CNC(CO)CO. The molecule has 4 N–H and O–H groups in total. The number of aromatic carboxylic acids is 1. The highest BCUT2D eigenvalue weighted by Crippen LogP contribution is 2.14. The zero-order valence-electron chi connectivity index (χ0n) is 8.93. The molecule has 6 nitrogen and oxygen atoms in total. The highest BCUT2D eigenvalue weighted by molar-refractivity contribution is 5.84. The number of rotatable bonds is 6. The van der Waals surface area contributed by atoms with Crippen LogP contribution in [0.2, 0.25) is 0 Å². The Morgan fingerprint density at radius 3 is 2.56 bits per heavy atom. The van der Waals surface area contributed by atoms with Gasteiger partial charge in [0.25, 0.3) is 0 Å². The first-order valence-electron chi connectivity index (χ1n) is 4.86. The average molecular weight is 229 g/mol. The summed E-state index contributed by atoms with van der Waals surface area (Å²) in [6.45, 7) is 1.64. The van der Waals surface area contributed by atoms with Gasteiger partial charge in [0.15, 0.2) is 0 Å². The van der Waals surface area contributed by atoms with Crippen LogP contribution in [-0.2, 0) is 6.54 Å². The maximum Gasteiger partial charge on any atom is 0.371 e. The highest BCUT2D eigenvalue weighted by Gasteiger charge is 2.13. The quantitative estimate of drug-likeness (QED) is 0.535. The van der Waals surface area contributed by atoms with E-state index in [4.69, 9.17) is 19.7 Å². The Kier molecular flexibility index (Phi) is 4.48. The number of carbonyl (C=O) groups is 1. The van der Waals surface area contributed by atoms with Crippen molar-refractivity contribution in [3.05, 3.63) is 23.2 Å². The maximum atomic E-state index is 10.6. The minimum atomic E-state index is -1.12. The minimum Gasteiger partial charge on any atom is -0.475 e. The smallest absolute Gasteiger partial charge is 0.371 e. The third-order valence-corrected chi connectivity index (χ3v) is 2.25. The second kappa shape index (κ2) is 5.64. The molecule has 0 aliphatic carbocycles. The summed E-state index contributed by atoms with van der Waals surface area (Å²) in [4.78, 5) is 10.6. The Balaban J connectivity index is 2.63. The Morgan fingerprint density at radius 1 is 1.50 bits per heavy atom. The molecule has 0 fully saturated rings. The molecule has 0 aliphatic heterocycles. The largest absolute Gasteiger partial charge is 0.475 e. The van der Waals surface area contributed by atoms with Crippen molar-refractivity contribution in [2.24, 2.45) is 0 Å². The van der Waals surface area contributed by atoms with Crippen molar-refractivity contribution in [2.75, 3.05) is 13.2 Å². The van der Waals surface area contributed by atoms with E-state index in [0.29, 0.717) is 17.9 Å². The molecule has 0 radical (unpaired) electrons. The van der Waals surface area contributed by atoms with Gasteiger partial charge >= 0.3 is 5.97 Å². The van der Waals surface area contributed by atoms with Crippen molar-refractivity contribution in [3.8, 4) is 0 Å². The summed E-state index contributed by atoms with van der Waals surface area (Å²) in [6.07, 6.45) is 0. The fraction of sp³-hybridized carbons (Fsp3) is 0.500. The number of carboxylic acids is 1. The normalized spacial score (nSPS) is 11.0.